The summed E-state index contributed by atoms with van der Waals surface area (Å²) in [6, 6.07) is 16.3. The molecule has 0 fully saturated rings. The summed E-state index contributed by atoms with van der Waals surface area (Å²) in [5.41, 5.74) is 2.79. The molecule has 1 heterocycles. The molecule has 0 aliphatic rings. The summed E-state index contributed by atoms with van der Waals surface area (Å²) >= 11 is 0. The van der Waals surface area contributed by atoms with Crippen LogP contribution in [0, 0.1) is 5.41 Å². The van der Waals surface area contributed by atoms with Gasteiger partial charge in [-0.2, -0.15) is 0 Å². The molecule has 2 amide bonds. The van der Waals surface area contributed by atoms with Gasteiger partial charge >= 0.3 is 6.03 Å². The van der Waals surface area contributed by atoms with E-state index in [1.54, 1.807) is 61.1 Å². The van der Waals surface area contributed by atoms with Crippen molar-refractivity contribution in [3.8, 4) is 0 Å². The van der Waals surface area contributed by atoms with Crippen LogP contribution in [0.4, 0.5) is 16.2 Å². The molecule has 3 N–H and O–H groups in total. The summed E-state index contributed by atoms with van der Waals surface area (Å²) in [6.07, 6.45) is 6.12. The van der Waals surface area contributed by atoms with E-state index in [1.165, 1.54) is 12.1 Å². The predicted molar refractivity (Wildman–Crippen MR) is 131 cm³/mol. The number of amides is 2. The van der Waals surface area contributed by atoms with Gasteiger partial charge in [0, 0.05) is 42.8 Å². The summed E-state index contributed by atoms with van der Waals surface area (Å²) in [5, 5.41) is 14.1. The van der Waals surface area contributed by atoms with E-state index >= 15 is 0 Å². The summed E-state index contributed by atoms with van der Waals surface area (Å²) in [4.78, 5) is 21.0. The van der Waals surface area contributed by atoms with E-state index in [2.05, 4.69) is 20.6 Å². The molecule has 0 radical (unpaired) electrons. The highest BCUT2D eigenvalue weighted by Gasteiger charge is 2.18. The maximum atomic E-state index is 12.5. The van der Waals surface area contributed by atoms with Crippen molar-refractivity contribution in [3.63, 3.8) is 0 Å². The molecule has 0 aliphatic heterocycles. The number of aromatic nitrogens is 1. The van der Waals surface area contributed by atoms with Crippen molar-refractivity contribution in [2.24, 2.45) is 4.99 Å². The van der Waals surface area contributed by atoms with Gasteiger partial charge in [-0.3, -0.25) is 9.98 Å². The number of rotatable bonds is 8. The minimum atomic E-state index is -3.38. The monoisotopic (exact) mass is 463 g/mol. The average Bonchev–Trinajstić information content (AvgIpc) is 2.79. The van der Waals surface area contributed by atoms with E-state index in [4.69, 9.17) is 5.41 Å². The Kier molecular flexibility index (Phi) is 7.68. The number of benzene rings is 2. The van der Waals surface area contributed by atoms with Crippen LogP contribution in [0.3, 0.4) is 0 Å². The van der Waals surface area contributed by atoms with E-state index < -0.39 is 21.8 Å². The highest BCUT2D eigenvalue weighted by atomic mass is 32.2. The molecule has 9 heteroatoms. The first-order valence-electron chi connectivity index (χ1n) is 10.2. The van der Waals surface area contributed by atoms with Gasteiger partial charge in [0.05, 0.1) is 16.5 Å². The Labute approximate surface area is 193 Å². The number of nitrogens with one attached hydrogen (secondary N) is 3. The largest absolute Gasteiger partial charge is 0.323 e. The molecule has 1 aromatic heterocycles. The van der Waals surface area contributed by atoms with Gasteiger partial charge in [0.1, 0.15) is 0 Å². The van der Waals surface area contributed by atoms with Crippen LogP contribution in [-0.4, -0.2) is 44.2 Å². The number of aliphatic imine (C=N–C) groups is 1. The predicted octanol–water partition coefficient (Wildman–Crippen LogP) is 4.37. The van der Waals surface area contributed by atoms with Crippen LogP contribution in [0.2, 0.25) is 0 Å². The van der Waals surface area contributed by atoms with Gasteiger partial charge in [0.25, 0.3) is 0 Å². The molecule has 0 spiro atoms. The fourth-order valence-electron chi connectivity index (χ4n) is 3.16. The fourth-order valence-corrected chi connectivity index (χ4v) is 3.82. The molecular weight excluding hydrogens is 438 g/mol. The molecule has 0 aliphatic carbocycles. The van der Waals surface area contributed by atoms with Crippen molar-refractivity contribution < 1.29 is 13.2 Å². The van der Waals surface area contributed by atoms with Crippen molar-refractivity contribution in [2.45, 2.75) is 17.7 Å². The van der Waals surface area contributed by atoms with E-state index in [0.717, 1.165) is 17.4 Å². The van der Waals surface area contributed by atoms with Crippen LogP contribution in [-0.2, 0) is 9.84 Å². The van der Waals surface area contributed by atoms with Crippen LogP contribution >= 0.6 is 0 Å². The van der Waals surface area contributed by atoms with Gasteiger partial charge in [-0.05, 0) is 60.5 Å². The first-order chi connectivity index (χ1) is 15.8. The van der Waals surface area contributed by atoms with Gasteiger partial charge in [-0.15, -0.1) is 0 Å². The highest BCUT2D eigenvalue weighted by molar-refractivity contribution is 7.90. The lowest BCUT2D eigenvalue weighted by atomic mass is 9.91. The number of pyridine rings is 1. The Morgan fingerprint density at radius 3 is 2.33 bits per heavy atom. The van der Waals surface area contributed by atoms with Crippen LogP contribution in [0.5, 0.6) is 0 Å². The van der Waals surface area contributed by atoms with Crippen LogP contribution in [0.1, 0.15) is 24.0 Å². The number of sulfone groups is 1. The molecule has 170 valence electrons. The SMILES string of the molecule is CCN=CC(C(=N)c1ccncc1)c1cccc(NC(=O)Nc2cccc(S(C)(=O)=O)c2)c1. The maximum absolute atomic E-state index is 12.5. The molecule has 3 aromatic rings. The van der Waals surface area contributed by atoms with Gasteiger partial charge in [0.2, 0.25) is 0 Å². The molecule has 0 saturated carbocycles. The number of hydrogen-bond acceptors (Lipinski definition) is 6. The zero-order chi connectivity index (χ0) is 23.8. The molecular formula is C24H25N5O3S. The third kappa shape index (κ3) is 6.56. The third-order valence-corrected chi connectivity index (χ3v) is 5.87. The summed E-state index contributed by atoms with van der Waals surface area (Å²) < 4.78 is 23.5. The van der Waals surface area contributed by atoms with Crippen molar-refractivity contribution in [2.75, 3.05) is 23.4 Å². The second kappa shape index (κ2) is 10.6. The van der Waals surface area contributed by atoms with E-state index in [1.807, 2.05) is 13.0 Å². The van der Waals surface area contributed by atoms with Crippen LogP contribution in [0.25, 0.3) is 0 Å². The Morgan fingerprint density at radius 1 is 1.06 bits per heavy atom. The normalized spacial score (nSPS) is 12.3. The molecule has 8 nitrogen and oxygen atoms in total. The fraction of sp³-hybridized carbons (Fsp3) is 0.167. The van der Waals surface area contributed by atoms with Gasteiger partial charge in [-0.25, -0.2) is 13.2 Å². The minimum absolute atomic E-state index is 0.120. The van der Waals surface area contributed by atoms with Crippen LogP contribution in [0.15, 0.2) is 82.9 Å². The maximum Gasteiger partial charge on any atom is 0.323 e. The average molecular weight is 464 g/mol. The van der Waals surface area contributed by atoms with Crippen molar-refractivity contribution in [3.05, 3.63) is 84.2 Å². The number of nitrogens with zero attached hydrogens (tertiary/aromatic N) is 2. The highest BCUT2D eigenvalue weighted by Crippen LogP contribution is 2.23. The van der Waals surface area contributed by atoms with Crippen molar-refractivity contribution in [1.29, 1.82) is 5.41 Å². The third-order valence-electron chi connectivity index (χ3n) is 4.76. The van der Waals surface area contributed by atoms with Gasteiger partial charge in [0.15, 0.2) is 9.84 Å². The lowest BCUT2D eigenvalue weighted by molar-refractivity contribution is 0.262. The Hall–Kier alpha value is -3.85. The standard InChI is InChI=1S/C24H25N5O3S/c1-3-26-16-22(23(25)17-10-12-27-13-11-17)18-6-4-7-19(14-18)28-24(30)29-20-8-5-9-21(15-20)33(2,31)32/h4-16,22,25H,3H2,1-2H3,(H2,28,29,30). The Balaban J connectivity index is 1.79. The van der Waals surface area contributed by atoms with Crippen LogP contribution < -0.4 is 10.6 Å². The molecule has 0 bridgehead atoms. The summed E-state index contributed by atoms with van der Waals surface area (Å²) in [7, 11) is -3.38. The smallest absolute Gasteiger partial charge is 0.308 e. The zero-order valence-corrected chi connectivity index (χ0v) is 19.1. The number of carbonyl (C=O) groups is 1. The van der Waals surface area contributed by atoms with E-state index in [9.17, 15) is 13.2 Å². The molecule has 33 heavy (non-hydrogen) atoms. The van der Waals surface area contributed by atoms with E-state index in [-0.39, 0.29) is 4.90 Å². The minimum Gasteiger partial charge on any atom is -0.308 e. The first kappa shape index (κ1) is 23.8. The van der Waals surface area contributed by atoms with E-state index in [0.29, 0.717) is 23.6 Å². The number of anilines is 2. The Bertz CT molecular complexity index is 1270. The molecule has 1 unspecified atom stereocenters. The lowest BCUT2D eigenvalue weighted by Crippen LogP contribution is -2.20. The number of carbonyl (C=O) groups excluding carboxylic acids is 1. The lowest BCUT2D eigenvalue weighted by Gasteiger charge is -2.16. The number of urea groups is 1. The quantitative estimate of drug-likeness (QED) is 0.429. The second-order valence-electron chi connectivity index (χ2n) is 7.28. The topological polar surface area (TPSA) is 124 Å². The first-order valence-corrected chi connectivity index (χ1v) is 12.1. The van der Waals surface area contributed by atoms with Gasteiger partial charge < -0.3 is 16.0 Å². The summed E-state index contributed by atoms with van der Waals surface area (Å²) in [5.74, 6) is -0.399. The second-order valence-corrected chi connectivity index (χ2v) is 9.30. The van der Waals surface area contributed by atoms with Crippen molar-refractivity contribution >= 4 is 39.2 Å². The molecule has 3 rings (SSSR count). The molecule has 0 saturated heterocycles. The van der Waals surface area contributed by atoms with Crippen molar-refractivity contribution in [1.82, 2.24) is 4.98 Å². The molecule has 2 aromatic carbocycles. The van der Waals surface area contributed by atoms with Gasteiger partial charge in [-0.1, -0.05) is 18.2 Å². The molecule has 1 atom stereocenters. The zero-order valence-electron chi connectivity index (χ0n) is 18.3. The summed E-state index contributed by atoms with van der Waals surface area (Å²) in [6.45, 7) is 2.51. The number of hydrogen-bond donors (Lipinski definition) is 3. The Morgan fingerprint density at radius 2 is 1.70 bits per heavy atom.